The molecule has 0 saturated carbocycles. The molecule has 0 fully saturated rings. The maximum Gasteiger partial charge on any atom is 0.407 e. The summed E-state index contributed by atoms with van der Waals surface area (Å²) in [6, 6.07) is 9.57. The Bertz CT molecular complexity index is 522. The van der Waals surface area contributed by atoms with E-state index >= 15 is 0 Å². The molecule has 126 valence electrons. The van der Waals surface area contributed by atoms with Gasteiger partial charge in [-0.2, -0.15) is 0 Å². The van der Waals surface area contributed by atoms with E-state index in [1.54, 1.807) is 0 Å². The van der Waals surface area contributed by atoms with Gasteiger partial charge in [0.05, 0.1) is 18.8 Å². The number of carbonyl (C=O) groups excluding carboxylic acids is 1. The van der Waals surface area contributed by atoms with Crippen molar-refractivity contribution in [2.24, 2.45) is 0 Å². The summed E-state index contributed by atoms with van der Waals surface area (Å²) in [7, 11) is 0. The van der Waals surface area contributed by atoms with Crippen LogP contribution in [0.4, 0.5) is 4.79 Å². The Balaban J connectivity index is 1.80. The van der Waals surface area contributed by atoms with E-state index in [1.165, 1.54) is 0 Å². The van der Waals surface area contributed by atoms with Crippen molar-refractivity contribution in [1.82, 2.24) is 5.32 Å². The summed E-state index contributed by atoms with van der Waals surface area (Å²) >= 11 is 0. The fourth-order valence-corrected chi connectivity index (χ4v) is 2.28. The molecule has 0 aliphatic carbocycles. The van der Waals surface area contributed by atoms with Crippen molar-refractivity contribution in [3.63, 3.8) is 0 Å². The molecule has 0 saturated heterocycles. The lowest BCUT2D eigenvalue weighted by atomic mass is 10.1. The highest BCUT2D eigenvalue weighted by atomic mass is 16.6. The minimum atomic E-state index is -0.460. The molecule has 1 amide bonds. The minimum absolute atomic E-state index is 0.149. The SMILES string of the molecule is CC(C)(C)OC(CNC(=O)OCc1ccccc1)[C@@H]1C=CCO1. The van der Waals surface area contributed by atoms with Crippen LogP contribution in [0.5, 0.6) is 0 Å². The molecule has 1 heterocycles. The molecule has 5 heteroatoms. The average Bonchev–Trinajstić information content (AvgIpc) is 3.03. The molecular weight excluding hydrogens is 294 g/mol. The molecular formula is C18H25NO4. The second kappa shape index (κ2) is 8.13. The van der Waals surface area contributed by atoms with Crippen LogP contribution in [0.2, 0.25) is 0 Å². The molecule has 2 rings (SSSR count). The molecule has 0 radical (unpaired) electrons. The normalized spacial score (nSPS) is 18.7. The molecule has 1 aromatic rings. The summed E-state index contributed by atoms with van der Waals surface area (Å²) in [4.78, 5) is 11.9. The van der Waals surface area contributed by atoms with Gasteiger partial charge < -0.3 is 19.5 Å². The van der Waals surface area contributed by atoms with Crippen LogP contribution in [0.3, 0.4) is 0 Å². The Kier molecular flexibility index (Phi) is 6.19. The highest BCUT2D eigenvalue weighted by Gasteiger charge is 2.28. The van der Waals surface area contributed by atoms with Gasteiger partial charge in [-0.05, 0) is 26.3 Å². The maximum absolute atomic E-state index is 11.9. The van der Waals surface area contributed by atoms with Crippen LogP contribution >= 0.6 is 0 Å². The Labute approximate surface area is 137 Å². The molecule has 0 bridgehead atoms. The molecule has 1 aliphatic heterocycles. The summed E-state index contributed by atoms with van der Waals surface area (Å²) < 4.78 is 16.8. The monoisotopic (exact) mass is 319 g/mol. The zero-order valence-electron chi connectivity index (χ0n) is 14.0. The van der Waals surface area contributed by atoms with Gasteiger partial charge in [0.25, 0.3) is 0 Å². The van der Waals surface area contributed by atoms with Crippen LogP contribution in [0.1, 0.15) is 26.3 Å². The Morgan fingerprint density at radius 1 is 1.35 bits per heavy atom. The van der Waals surface area contributed by atoms with Crippen LogP contribution < -0.4 is 5.32 Å². The summed E-state index contributed by atoms with van der Waals surface area (Å²) in [5, 5.41) is 2.75. The molecule has 1 aromatic carbocycles. The third-order valence-corrected chi connectivity index (χ3v) is 3.24. The third-order valence-electron chi connectivity index (χ3n) is 3.24. The largest absolute Gasteiger partial charge is 0.445 e. The molecule has 5 nitrogen and oxygen atoms in total. The number of alkyl carbamates (subject to hydrolysis) is 1. The van der Waals surface area contributed by atoms with Gasteiger partial charge in [0.1, 0.15) is 18.8 Å². The predicted octanol–water partition coefficient (Wildman–Crippen LogP) is 3.05. The maximum atomic E-state index is 11.9. The number of rotatable bonds is 6. The first-order valence-electron chi connectivity index (χ1n) is 7.85. The van der Waals surface area contributed by atoms with E-state index in [4.69, 9.17) is 14.2 Å². The average molecular weight is 319 g/mol. The molecule has 23 heavy (non-hydrogen) atoms. The minimum Gasteiger partial charge on any atom is -0.445 e. The molecule has 1 aliphatic rings. The Morgan fingerprint density at radius 2 is 2.09 bits per heavy atom. The zero-order valence-corrected chi connectivity index (χ0v) is 14.0. The first-order valence-corrected chi connectivity index (χ1v) is 7.85. The van der Waals surface area contributed by atoms with Crippen molar-refractivity contribution in [1.29, 1.82) is 0 Å². The second-order valence-corrected chi connectivity index (χ2v) is 6.44. The van der Waals surface area contributed by atoms with Gasteiger partial charge in [-0.1, -0.05) is 42.5 Å². The molecule has 1 unspecified atom stereocenters. The van der Waals surface area contributed by atoms with Crippen molar-refractivity contribution >= 4 is 6.09 Å². The lowest BCUT2D eigenvalue weighted by molar-refractivity contribution is -0.105. The van der Waals surface area contributed by atoms with Crippen molar-refractivity contribution in [2.45, 2.75) is 45.2 Å². The van der Waals surface area contributed by atoms with Gasteiger partial charge in [0, 0.05) is 0 Å². The topological polar surface area (TPSA) is 56.8 Å². The van der Waals surface area contributed by atoms with E-state index in [2.05, 4.69) is 5.32 Å². The van der Waals surface area contributed by atoms with Crippen molar-refractivity contribution in [3.05, 3.63) is 48.0 Å². The van der Waals surface area contributed by atoms with E-state index in [0.29, 0.717) is 13.2 Å². The van der Waals surface area contributed by atoms with E-state index in [-0.39, 0.29) is 24.4 Å². The fraction of sp³-hybridized carbons (Fsp3) is 0.500. The number of nitrogens with one attached hydrogen (secondary N) is 1. The Morgan fingerprint density at radius 3 is 2.70 bits per heavy atom. The van der Waals surface area contributed by atoms with Crippen molar-refractivity contribution < 1.29 is 19.0 Å². The van der Waals surface area contributed by atoms with E-state index in [0.717, 1.165) is 5.56 Å². The number of hydrogen-bond acceptors (Lipinski definition) is 4. The van der Waals surface area contributed by atoms with Gasteiger partial charge in [0.2, 0.25) is 0 Å². The van der Waals surface area contributed by atoms with Gasteiger partial charge in [0.15, 0.2) is 0 Å². The smallest absolute Gasteiger partial charge is 0.407 e. The summed E-state index contributed by atoms with van der Waals surface area (Å²) in [6.07, 6.45) is 3.06. The predicted molar refractivity (Wildman–Crippen MR) is 88.1 cm³/mol. The molecule has 1 N–H and O–H groups in total. The number of benzene rings is 1. The first-order chi connectivity index (χ1) is 10.9. The van der Waals surface area contributed by atoms with Crippen LogP contribution in [-0.4, -0.2) is 37.1 Å². The Hall–Kier alpha value is -1.85. The number of hydrogen-bond donors (Lipinski definition) is 1. The lowest BCUT2D eigenvalue weighted by Gasteiger charge is -2.30. The van der Waals surface area contributed by atoms with Gasteiger partial charge in [-0.15, -0.1) is 0 Å². The fourth-order valence-electron chi connectivity index (χ4n) is 2.28. The summed E-state index contributed by atoms with van der Waals surface area (Å²) in [5.74, 6) is 0. The third kappa shape index (κ3) is 6.42. The zero-order chi connectivity index (χ0) is 16.7. The van der Waals surface area contributed by atoms with Crippen molar-refractivity contribution in [2.75, 3.05) is 13.2 Å². The highest BCUT2D eigenvalue weighted by molar-refractivity contribution is 5.67. The molecule has 0 aromatic heterocycles. The quantitative estimate of drug-likeness (QED) is 0.819. The number of carbonyl (C=O) groups is 1. The van der Waals surface area contributed by atoms with Gasteiger partial charge in [-0.25, -0.2) is 4.79 Å². The number of ether oxygens (including phenoxy) is 3. The van der Waals surface area contributed by atoms with Gasteiger partial charge >= 0.3 is 6.09 Å². The molecule has 2 atom stereocenters. The van der Waals surface area contributed by atoms with Crippen LogP contribution in [0.15, 0.2) is 42.5 Å². The standard InChI is InChI=1S/C18H25NO4/c1-18(2,3)23-16(15-10-7-11-21-15)12-19-17(20)22-13-14-8-5-4-6-9-14/h4-10,15-16H,11-13H2,1-3H3,(H,19,20)/t15-,16?/m0/s1. The lowest BCUT2D eigenvalue weighted by Crippen LogP contribution is -2.44. The van der Waals surface area contributed by atoms with E-state index in [1.807, 2.05) is 63.3 Å². The van der Waals surface area contributed by atoms with Crippen molar-refractivity contribution in [3.8, 4) is 0 Å². The highest BCUT2D eigenvalue weighted by Crippen LogP contribution is 2.18. The summed E-state index contributed by atoms with van der Waals surface area (Å²) in [6.45, 7) is 7.09. The van der Waals surface area contributed by atoms with Crippen LogP contribution in [-0.2, 0) is 20.8 Å². The first kappa shape index (κ1) is 17.5. The summed E-state index contributed by atoms with van der Waals surface area (Å²) in [5.41, 5.74) is 0.632. The van der Waals surface area contributed by atoms with E-state index < -0.39 is 6.09 Å². The number of amides is 1. The van der Waals surface area contributed by atoms with Crippen LogP contribution in [0.25, 0.3) is 0 Å². The molecule has 0 spiro atoms. The van der Waals surface area contributed by atoms with E-state index in [9.17, 15) is 4.79 Å². The second-order valence-electron chi connectivity index (χ2n) is 6.44. The van der Waals surface area contributed by atoms with Gasteiger partial charge in [-0.3, -0.25) is 0 Å². The van der Waals surface area contributed by atoms with Crippen LogP contribution in [0, 0.1) is 0 Å².